The first kappa shape index (κ1) is 21.2. The van der Waals surface area contributed by atoms with Gasteiger partial charge in [-0.05, 0) is 64.9 Å². The van der Waals surface area contributed by atoms with Gasteiger partial charge in [-0.25, -0.2) is 15.0 Å². The first-order valence-corrected chi connectivity index (χ1v) is 11.9. The minimum absolute atomic E-state index is 0.165. The fourth-order valence-electron chi connectivity index (χ4n) is 5.35. The molecule has 4 N–H and O–H groups in total. The molecule has 0 bridgehead atoms. The number of fused-ring (bicyclic) bond motifs is 2. The SMILES string of the molecule is Nc1ncnc2c1ccn2C1OC2(CCC(c3ccc4cc(Br)c(Cl)nc4c3)C2)C(O)C1O. The number of pyridine rings is 1. The number of aliphatic hydroxyl groups excluding tert-OH is 2. The normalized spacial score (nSPS) is 29.6. The van der Waals surface area contributed by atoms with Gasteiger partial charge in [0.25, 0.3) is 0 Å². The Kier molecular flexibility index (Phi) is 4.90. The van der Waals surface area contributed by atoms with E-state index in [-0.39, 0.29) is 5.92 Å². The summed E-state index contributed by atoms with van der Waals surface area (Å²) in [4.78, 5) is 12.8. The van der Waals surface area contributed by atoms with E-state index in [4.69, 9.17) is 22.1 Å². The number of nitrogen functional groups attached to an aromatic ring is 1. The van der Waals surface area contributed by atoms with Gasteiger partial charge in [-0.1, -0.05) is 23.7 Å². The highest BCUT2D eigenvalue weighted by Crippen LogP contribution is 2.52. The standard InChI is InChI=1S/C23H21BrClN5O3/c24-15-7-12-2-1-11(8-16(12)29-19(15)25)13-3-5-23(9-13)18(32)17(31)22(33-23)30-6-4-14-20(26)27-10-28-21(14)30/h1-2,4,6-8,10,13,17-18,22,31-32H,3,5,9H2,(H2,26,27,28). The highest BCUT2D eigenvalue weighted by Gasteiger charge is 2.57. The number of hydrogen-bond acceptors (Lipinski definition) is 7. The summed E-state index contributed by atoms with van der Waals surface area (Å²) >= 11 is 9.61. The van der Waals surface area contributed by atoms with Crippen molar-refractivity contribution in [3.63, 3.8) is 0 Å². The number of nitrogens with two attached hydrogens (primary N) is 1. The largest absolute Gasteiger partial charge is 0.387 e. The first-order chi connectivity index (χ1) is 15.9. The molecule has 1 saturated carbocycles. The van der Waals surface area contributed by atoms with Crippen molar-refractivity contribution in [1.29, 1.82) is 0 Å². The third kappa shape index (κ3) is 3.25. The highest BCUT2D eigenvalue weighted by atomic mass is 79.9. The molecule has 170 valence electrons. The van der Waals surface area contributed by atoms with Crippen LogP contribution in [0.15, 0.2) is 47.3 Å². The molecule has 5 atom stereocenters. The predicted octanol–water partition coefficient (Wildman–Crippen LogP) is 3.93. The van der Waals surface area contributed by atoms with Crippen molar-refractivity contribution in [3.8, 4) is 0 Å². The minimum Gasteiger partial charge on any atom is -0.387 e. The first-order valence-electron chi connectivity index (χ1n) is 10.7. The second-order valence-electron chi connectivity index (χ2n) is 8.88. The lowest BCUT2D eigenvalue weighted by Crippen LogP contribution is -2.40. The Balaban J connectivity index is 1.30. The molecule has 4 aromatic rings. The van der Waals surface area contributed by atoms with Gasteiger partial charge in [0.1, 0.15) is 40.8 Å². The number of hydrogen-bond donors (Lipinski definition) is 3. The lowest BCUT2D eigenvalue weighted by Gasteiger charge is -2.27. The molecular formula is C23H21BrClN5O3. The fourth-order valence-corrected chi connectivity index (χ4v) is 5.83. The lowest BCUT2D eigenvalue weighted by atomic mass is 9.90. The van der Waals surface area contributed by atoms with Crippen LogP contribution in [0.3, 0.4) is 0 Å². The van der Waals surface area contributed by atoms with E-state index < -0.39 is 24.0 Å². The van der Waals surface area contributed by atoms with Crippen LogP contribution < -0.4 is 5.73 Å². The van der Waals surface area contributed by atoms with Gasteiger partial charge in [-0.3, -0.25) is 0 Å². The van der Waals surface area contributed by atoms with E-state index in [1.54, 1.807) is 16.8 Å². The van der Waals surface area contributed by atoms with Crippen LogP contribution in [0.4, 0.5) is 5.82 Å². The van der Waals surface area contributed by atoms with Crippen LogP contribution >= 0.6 is 27.5 Å². The van der Waals surface area contributed by atoms with Crippen molar-refractivity contribution in [1.82, 2.24) is 19.5 Å². The number of aliphatic hydroxyl groups is 2. The number of benzene rings is 1. The molecule has 1 saturated heterocycles. The molecule has 2 fully saturated rings. The quantitative estimate of drug-likeness (QED) is 0.336. The summed E-state index contributed by atoms with van der Waals surface area (Å²) in [6.07, 6.45) is 2.32. The average Bonchev–Trinajstić information content (AvgIpc) is 3.48. The predicted molar refractivity (Wildman–Crippen MR) is 128 cm³/mol. The number of aromatic nitrogens is 4. The number of nitrogens with zero attached hydrogens (tertiary/aromatic N) is 4. The van der Waals surface area contributed by atoms with Gasteiger partial charge in [0.2, 0.25) is 0 Å². The van der Waals surface area contributed by atoms with E-state index >= 15 is 0 Å². The Morgan fingerprint density at radius 1 is 1.21 bits per heavy atom. The monoisotopic (exact) mass is 529 g/mol. The molecule has 1 aliphatic carbocycles. The zero-order chi connectivity index (χ0) is 22.9. The topological polar surface area (TPSA) is 119 Å². The van der Waals surface area contributed by atoms with Gasteiger partial charge in [0.15, 0.2) is 6.23 Å². The summed E-state index contributed by atoms with van der Waals surface area (Å²) in [5, 5.41) is 24.1. The third-order valence-electron chi connectivity index (χ3n) is 7.06. The molecule has 0 radical (unpaired) electrons. The maximum atomic E-state index is 11.1. The van der Waals surface area contributed by atoms with Crippen LogP contribution in [0, 0.1) is 0 Å². The zero-order valence-electron chi connectivity index (χ0n) is 17.4. The van der Waals surface area contributed by atoms with Crippen molar-refractivity contribution in [2.45, 2.75) is 49.2 Å². The molecule has 4 heterocycles. The molecule has 10 heteroatoms. The summed E-state index contributed by atoms with van der Waals surface area (Å²) in [7, 11) is 0. The molecule has 1 aromatic carbocycles. The van der Waals surface area contributed by atoms with E-state index in [0.717, 1.165) is 27.4 Å². The molecule has 5 unspecified atom stereocenters. The Bertz CT molecular complexity index is 1400. The average molecular weight is 531 g/mol. The minimum atomic E-state index is -1.09. The van der Waals surface area contributed by atoms with E-state index in [1.807, 2.05) is 18.2 Å². The van der Waals surface area contributed by atoms with Crippen LogP contribution in [0.2, 0.25) is 5.15 Å². The van der Waals surface area contributed by atoms with Gasteiger partial charge in [0, 0.05) is 11.6 Å². The van der Waals surface area contributed by atoms with Crippen molar-refractivity contribution in [3.05, 3.63) is 58.0 Å². The molecule has 3 aromatic heterocycles. The van der Waals surface area contributed by atoms with Crippen molar-refractivity contribution < 1.29 is 14.9 Å². The molecule has 1 aliphatic heterocycles. The molecule has 2 aliphatic rings. The van der Waals surface area contributed by atoms with Gasteiger partial charge in [-0.2, -0.15) is 0 Å². The maximum Gasteiger partial charge on any atom is 0.164 e. The van der Waals surface area contributed by atoms with Crippen molar-refractivity contribution >= 4 is 55.3 Å². The molecule has 0 amide bonds. The number of rotatable bonds is 2. The third-order valence-corrected chi connectivity index (χ3v) is 8.18. The number of ether oxygens (including phenoxy) is 1. The van der Waals surface area contributed by atoms with Crippen molar-refractivity contribution in [2.24, 2.45) is 0 Å². The Morgan fingerprint density at radius 2 is 2.06 bits per heavy atom. The van der Waals surface area contributed by atoms with Crippen LogP contribution in [-0.2, 0) is 4.74 Å². The number of halogens is 2. The van der Waals surface area contributed by atoms with Crippen LogP contribution in [0.25, 0.3) is 21.9 Å². The van der Waals surface area contributed by atoms with E-state index in [9.17, 15) is 10.2 Å². The second-order valence-corrected chi connectivity index (χ2v) is 10.1. The van der Waals surface area contributed by atoms with Gasteiger partial charge < -0.3 is 25.3 Å². The van der Waals surface area contributed by atoms with E-state index in [0.29, 0.717) is 34.8 Å². The lowest BCUT2D eigenvalue weighted by molar-refractivity contribution is -0.0987. The maximum absolute atomic E-state index is 11.1. The van der Waals surface area contributed by atoms with Crippen LogP contribution in [0.1, 0.15) is 37.0 Å². The van der Waals surface area contributed by atoms with Crippen LogP contribution in [0.5, 0.6) is 0 Å². The summed E-state index contributed by atoms with van der Waals surface area (Å²) in [6, 6.07) is 9.91. The molecular weight excluding hydrogens is 510 g/mol. The Hall–Kier alpha value is -2.30. The molecule has 1 spiro atoms. The zero-order valence-corrected chi connectivity index (χ0v) is 19.7. The van der Waals surface area contributed by atoms with Crippen molar-refractivity contribution in [2.75, 3.05) is 5.73 Å². The second kappa shape index (κ2) is 7.61. The van der Waals surface area contributed by atoms with E-state index in [2.05, 4.69) is 36.9 Å². The highest BCUT2D eigenvalue weighted by molar-refractivity contribution is 9.10. The smallest absolute Gasteiger partial charge is 0.164 e. The summed E-state index contributed by atoms with van der Waals surface area (Å²) in [5.41, 5.74) is 7.61. The Labute approximate surface area is 202 Å². The molecule has 6 rings (SSSR count). The van der Waals surface area contributed by atoms with Gasteiger partial charge >= 0.3 is 0 Å². The summed E-state index contributed by atoms with van der Waals surface area (Å²) < 4.78 is 8.91. The van der Waals surface area contributed by atoms with Gasteiger partial charge in [-0.15, -0.1) is 0 Å². The summed E-state index contributed by atoms with van der Waals surface area (Å²) in [6.45, 7) is 0. The Morgan fingerprint density at radius 3 is 2.91 bits per heavy atom. The number of anilines is 1. The van der Waals surface area contributed by atoms with Crippen LogP contribution in [-0.4, -0.2) is 47.5 Å². The molecule has 8 nitrogen and oxygen atoms in total. The fraction of sp³-hybridized carbons (Fsp3) is 0.348. The van der Waals surface area contributed by atoms with E-state index in [1.165, 1.54) is 6.33 Å². The van der Waals surface area contributed by atoms with Gasteiger partial charge in [0.05, 0.1) is 15.4 Å². The summed E-state index contributed by atoms with van der Waals surface area (Å²) in [5.74, 6) is 0.526. The molecule has 33 heavy (non-hydrogen) atoms.